The number of nitrogens with two attached hydrogens (primary N) is 1. The van der Waals surface area contributed by atoms with Crippen molar-refractivity contribution in [2.24, 2.45) is 10.8 Å². The van der Waals surface area contributed by atoms with E-state index < -0.39 is 0 Å². The molecule has 1 aliphatic carbocycles. The summed E-state index contributed by atoms with van der Waals surface area (Å²) in [5.41, 5.74) is 4.74. The minimum Gasteiger partial charge on any atom is -0.325 e. The number of hydrogen-bond acceptors (Lipinski definition) is 2. The van der Waals surface area contributed by atoms with Gasteiger partial charge in [-0.25, -0.2) is 10.8 Å². The number of anilines is 1. The van der Waals surface area contributed by atoms with E-state index in [0.29, 0.717) is 12.0 Å². The Balaban J connectivity index is 2.09. The predicted molar refractivity (Wildman–Crippen MR) is 70.3 cm³/mol. The lowest BCUT2D eigenvalue weighted by Crippen LogP contribution is -2.36. The molecule has 0 radical (unpaired) electrons. The maximum absolute atomic E-state index is 5.41. The van der Waals surface area contributed by atoms with Gasteiger partial charge in [-0.1, -0.05) is 15.9 Å². The molecule has 0 bridgehead atoms. The van der Waals surface area contributed by atoms with Gasteiger partial charge >= 0.3 is 0 Å². The summed E-state index contributed by atoms with van der Waals surface area (Å²) in [4.78, 5) is 4.41. The number of aliphatic imine (C=N–C) groups is 1. The number of benzene rings is 1. The van der Waals surface area contributed by atoms with E-state index in [1.165, 1.54) is 5.56 Å². The molecule has 0 aromatic heterocycles. The van der Waals surface area contributed by atoms with Crippen molar-refractivity contribution in [3.63, 3.8) is 0 Å². The zero-order valence-electron chi connectivity index (χ0n) is 9.13. The van der Waals surface area contributed by atoms with Crippen molar-refractivity contribution in [3.05, 3.63) is 28.2 Å². The highest BCUT2D eigenvalue weighted by molar-refractivity contribution is 9.10. The number of hydrazine groups is 1. The molecule has 5 heteroatoms. The Morgan fingerprint density at radius 1 is 1.50 bits per heavy atom. The maximum atomic E-state index is 5.41. The van der Waals surface area contributed by atoms with Gasteiger partial charge in [0.1, 0.15) is 0 Å². The number of nitrogens with zero attached hydrogens (tertiary/aromatic N) is 1. The van der Waals surface area contributed by atoms with Crippen LogP contribution in [-0.4, -0.2) is 12.0 Å². The van der Waals surface area contributed by atoms with Crippen LogP contribution >= 0.6 is 15.9 Å². The van der Waals surface area contributed by atoms with Crippen molar-refractivity contribution in [2.75, 3.05) is 5.32 Å². The lowest BCUT2D eigenvalue weighted by atomic mass is 10.2. The van der Waals surface area contributed by atoms with E-state index in [0.717, 1.165) is 23.0 Å². The van der Waals surface area contributed by atoms with E-state index in [9.17, 15) is 0 Å². The molecule has 0 unspecified atom stereocenters. The fourth-order valence-electron chi connectivity index (χ4n) is 1.35. The Labute approximate surface area is 103 Å². The largest absolute Gasteiger partial charge is 0.325 e. The molecule has 16 heavy (non-hydrogen) atoms. The zero-order chi connectivity index (χ0) is 11.5. The summed E-state index contributed by atoms with van der Waals surface area (Å²) in [6.07, 6.45) is 2.32. The Bertz CT molecular complexity index is 412. The van der Waals surface area contributed by atoms with E-state index in [-0.39, 0.29) is 0 Å². The van der Waals surface area contributed by atoms with Crippen LogP contribution in [0, 0.1) is 6.92 Å². The van der Waals surface area contributed by atoms with Gasteiger partial charge in [0.25, 0.3) is 0 Å². The van der Waals surface area contributed by atoms with Gasteiger partial charge in [-0.15, -0.1) is 0 Å². The molecule has 1 saturated carbocycles. The third-order valence-corrected chi connectivity index (χ3v) is 3.31. The molecule has 2 rings (SSSR count). The first-order valence-electron chi connectivity index (χ1n) is 5.26. The number of rotatable bonds is 2. The van der Waals surface area contributed by atoms with Crippen LogP contribution in [0.4, 0.5) is 5.69 Å². The van der Waals surface area contributed by atoms with Gasteiger partial charge in [0.05, 0.1) is 6.04 Å². The summed E-state index contributed by atoms with van der Waals surface area (Å²) in [5, 5.41) is 3.16. The molecule has 0 heterocycles. The van der Waals surface area contributed by atoms with Crippen LogP contribution < -0.4 is 16.6 Å². The molecule has 0 amide bonds. The smallest absolute Gasteiger partial charge is 0.210 e. The van der Waals surface area contributed by atoms with Crippen molar-refractivity contribution in [2.45, 2.75) is 25.8 Å². The van der Waals surface area contributed by atoms with Crippen molar-refractivity contribution in [3.8, 4) is 0 Å². The summed E-state index contributed by atoms with van der Waals surface area (Å²) in [5.74, 6) is 6.04. The molecule has 0 aliphatic heterocycles. The Morgan fingerprint density at radius 2 is 2.25 bits per heavy atom. The Hall–Kier alpha value is -1.07. The second-order valence-electron chi connectivity index (χ2n) is 3.94. The minimum absolute atomic E-state index is 0.440. The average molecular weight is 283 g/mol. The van der Waals surface area contributed by atoms with Crippen molar-refractivity contribution >= 4 is 27.6 Å². The Kier molecular flexibility index (Phi) is 3.46. The highest BCUT2D eigenvalue weighted by Crippen LogP contribution is 2.24. The van der Waals surface area contributed by atoms with Gasteiger partial charge < -0.3 is 5.32 Å². The summed E-state index contributed by atoms with van der Waals surface area (Å²) in [6.45, 7) is 2.04. The fourth-order valence-corrected chi connectivity index (χ4v) is 1.60. The second kappa shape index (κ2) is 4.84. The standard InChI is InChI=1S/C11H15BrN4/c1-7-6-9(4-5-10(7)12)15-11(16-13)14-8-2-3-8/h4-6,8H,2-3,13H2,1H3,(H2,14,15,16). The van der Waals surface area contributed by atoms with E-state index >= 15 is 0 Å². The van der Waals surface area contributed by atoms with E-state index in [1.54, 1.807) is 0 Å². The van der Waals surface area contributed by atoms with Crippen LogP contribution in [0.3, 0.4) is 0 Å². The summed E-state index contributed by atoms with van der Waals surface area (Å²) in [6, 6.07) is 6.47. The molecule has 86 valence electrons. The molecular weight excluding hydrogens is 268 g/mol. The fraction of sp³-hybridized carbons (Fsp3) is 0.364. The predicted octanol–water partition coefficient (Wildman–Crippen LogP) is 2.15. The number of aryl methyl sites for hydroxylation is 1. The maximum Gasteiger partial charge on any atom is 0.210 e. The van der Waals surface area contributed by atoms with Crippen LogP contribution in [-0.2, 0) is 0 Å². The molecule has 1 fully saturated rings. The third-order valence-electron chi connectivity index (χ3n) is 2.42. The highest BCUT2D eigenvalue weighted by Gasteiger charge is 2.20. The highest BCUT2D eigenvalue weighted by atomic mass is 79.9. The van der Waals surface area contributed by atoms with Crippen LogP contribution in [0.1, 0.15) is 18.4 Å². The molecule has 1 aliphatic rings. The monoisotopic (exact) mass is 282 g/mol. The average Bonchev–Trinajstić information content (AvgIpc) is 3.06. The molecule has 1 aromatic rings. The van der Waals surface area contributed by atoms with Gasteiger partial charge in [0.2, 0.25) is 5.96 Å². The molecule has 0 spiro atoms. The minimum atomic E-state index is 0.440. The van der Waals surface area contributed by atoms with E-state index in [2.05, 4.69) is 31.7 Å². The van der Waals surface area contributed by atoms with Crippen LogP contribution in [0.2, 0.25) is 0 Å². The van der Waals surface area contributed by atoms with Crippen LogP contribution in [0.25, 0.3) is 0 Å². The number of guanidine groups is 1. The molecule has 4 nitrogen and oxygen atoms in total. The molecule has 1 aromatic carbocycles. The van der Waals surface area contributed by atoms with Crippen LogP contribution in [0.5, 0.6) is 0 Å². The number of nitrogens with one attached hydrogen (secondary N) is 2. The first-order valence-corrected chi connectivity index (χ1v) is 6.06. The lowest BCUT2D eigenvalue weighted by molar-refractivity contribution is 0.966. The molecular formula is C11H15BrN4. The normalized spacial score (nSPS) is 16.1. The number of halogens is 1. The van der Waals surface area contributed by atoms with Crippen molar-refractivity contribution in [1.29, 1.82) is 0 Å². The summed E-state index contributed by atoms with van der Waals surface area (Å²) < 4.78 is 1.10. The van der Waals surface area contributed by atoms with Gasteiger partial charge in [0.15, 0.2) is 0 Å². The van der Waals surface area contributed by atoms with Crippen molar-refractivity contribution in [1.82, 2.24) is 5.43 Å². The molecule has 0 atom stereocenters. The SMILES string of the molecule is Cc1cc(NC(=NC2CC2)NN)ccc1Br. The lowest BCUT2D eigenvalue weighted by Gasteiger charge is -2.10. The summed E-state index contributed by atoms with van der Waals surface area (Å²) in [7, 11) is 0. The Morgan fingerprint density at radius 3 is 2.81 bits per heavy atom. The zero-order valence-corrected chi connectivity index (χ0v) is 10.7. The van der Waals surface area contributed by atoms with Crippen LogP contribution in [0.15, 0.2) is 27.7 Å². The van der Waals surface area contributed by atoms with Gasteiger partial charge in [-0.3, -0.25) is 5.43 Å². The van der Waals surface area contributed by atoms with Gasteiger partial charge in [-0.05, 0) is 43.5 Å². The number of hydrogen-bond donors (Lipinski definition) is 3. The quantitative estimate of drug-likeness (QED) is 0.337. The van der Waals surface area contributed by atoms with E-state index in [4.69, 9.17) is 5.84 Å². The second-order valence-corrected chi connectivity index (χ2v) is 4.80. The topological polar surface area (TPSA) is 62.4 Å². The van der Waals surface area contributed by atoms with Gasteiger partial charge in [0, 0.05) is 10.2 Å². The first kappa shape index (κ1) is 11.4. The first-order chi connectivity index (χ1) is 7.69. The molecule has 0 saturated heterocycles. The van der Waals surface area contributed by atoms with Crippen molar-refractivity contribution < 1.29 is 0 Å². The summed E-state index contributed by atoms with van der Waals surface area (Å²) >= 11 is 3.46. The van der Waals surface area contributed by atoms with E-state index in [1.807, 2.05) is 25.1 Å². The molecule has 4 N–H and O–H groups in total. The third kappa shape index (κ3) is 2.96. The van der Waals surface area contributed by atoms with Gasteiger partial charge in [-0.2, -0.15) is 0 Å².